The lowest BCUT2D eigenvalue weighted by Crippen LogP contribution is -2.23. The molecule has 0 aliphatic heterocycles. The Morgan fingerprint density at radius 2 is 2.00 bits per heavy atom. The summed E-state index contributed by atoms with van der Waals surface area (Å²) in [6.45, 7) is 7.39. The molecule has 0 aliphatic rings. The Kier molecular flexibility index (Phi) is 6.12. The average Bonchev–Trinajstić information content (AvgIpc) is 2.27. The lowest BCUT2D eigenvalue weighted by atomic mass is 10.1. The van der Waals surface area contributed by atoms with E-state index in [4.69, 9.17) is 4.74 Å². The molecule has 102 valence electrons. The number of anilines is 1. The second kappa shape index (κ2) is 7.12. The summed E-state index contributed by atoms with van der Waals surface area (Å²) in [6.07, 6.45) is -0.189. The van der Waals surface area contributed by atoms with Crippen molar-refractivity contribution < 1.29 is 9.84 Å². The van der Waals surface area contributed by atoms with Gasteiger partial charge < -0.3 is 14.7 Å². The number of hydrogen-bond donors (Lipinski definition) is 1. The maximum absolute atomic E-state index is 9.57. The fraction of sp³-hybridized carbons (Fsp3) is 0.571. The molecule has 1 aromatic rings. The van der Waals surface area contributed by atoms with Gasteiger partial charge in [-0.25, -0.2) is 0 Å². The molecular formula is C14H22BrNO2. The Bertz CT molecular complexity index is 380. The summed E-state index contributed by atoms with van der Waals surface area (Å²) in [5.74, 6) is 0. The van der Waals surface area contributed by atoms with Gasteiger partial charge in [0.05, 0.1) is 18.8 Å². The minimum Gasteiger partial charge on any atom is -0.389 e. The van der Waals surface area contributed by atoms with Crippen molar-refractivity contribution in [2.24, 2.45) is 0 Å². The van der Waals surface area contributed by atoms with Crippen molar-refractivity contribution in [1.82, 2.24) is 0 Å². The standard InChI is InChI=1S/C14H22BrNO2/c1-10(2)18-8-7-16(4)12-5-6-13(11(3)17)14(15)9-12/h5-6,9-11,17H,7-8H2,1-4H3/t11-/m0/s1. The van der Waals surface area contributed by atoms with Crippen LogP contribution in [0.15, 0.2) is 22.7 Å². The summed E-state index contributed by atoms with van der Waals surface area (Å²) in [7, 11) is 2.04. The molecule has 1 atom stereocenters. The lowest BCUT2D eigenvalue weighted by molar-refractivity contribution is 0.0846. The molecule has 0 spiro atoms. The Hall–Kier alpha value is -0.580. The van der Waals surface area contributed by atoms with Gasteiger partial charge in [0.2, 0.25) is 0 Å². The lowest BCUT2D eigenvalue weighted by Gasteiger charge is -2.21. The smallest absolute Gasteiger partial charge is 0.0772 e. The summed E-state index contributed by atoms with van der Waals surface area (Å²) in [5.41, 5.74) is 2.02. The number of aliphatic hydroxyl groups excluding tert-OH is 1. The van der Waals surface area contributed by atoms with Gasteiger partial charge in [0.1, 0.15) is 0 Å². The van der Waals surface area contributed by atoms with E-state index in [0.29, 0.717) is 6.61 Å². The summed E-state index contributed by atoms with van der Waals surface area (Å²) in [4.78, 5) is 2.14. The number of aliphatic hydroxyl groups is 1. The van der Waals surface area contributed by atoms with Crippen LogP contribution in [0.3, 0.4) is 0 Å². The highest BCUT2D eigenvalue weighted by atomic mass is 79.9. The molecule has 0 saturated heterocycles. The predicted molar refractivity (Wildman–Crippen MR) is 79.1 cm³/mol. The number of hydrogen-bond acceptors (Lipinski definition) is 3. The summed E-state index contributed by atoms with van der Waals surface area (Å²) < 4.78 is 6.47. The van der Waals surface area contributed by atoms with Crippen LogP contribution < -0.4 is 4.90 Å². The van der Waals surface area contributed by atoms with E-state index in [2.05, 4.69) is 20.8 Å². The molecule has 0 saturated carbocycles. The molecule has 4 heteroatoms. The van der Waals surface area contributed by atoms with Crippen LogP contribution in [0.1, 0.15) is 32.4 Å². The topological polar surface area (TPSA) is 32.7 Å². The van der Waals surface area contributed by atoms with Crippen molar-refractivity contribution in [3.05, 3.63) is 28.2 Å². The molecule has 1 aromatic carbocycles. The van der Waals surface area contributed by atoms with Gasteiger partial charge in [-0.15, -0.1) is 0 Å². The SMILES string of the molecule is CC(C)OCCN(C)c1ccc([C@H](C)O)c(Br)c1. The van der Waals surface area contributed by atoms with Crippen LogP contribution >= 0.6 is 15.9 Å². The minimum absolute atomic E-state index is 0.266. The molecule has 0 amide bonds. The van der Waals surface area contributed by atoms with Gasteiger partial charge in [0, 0.05) is 23.8 Å². The molecule has 0 aliphatic carbocycles. The van der Waals surface area contributed by atoms with Gasteiger partial charge in [0.25, 0.3) is 0 Å². The van der Waals surface area contributed by atoms with E-state index in [9.17, 15) is 5.11 Å². The fourth-order valence-corrected chi connectivity index (χ4v) is 2.34. The van der Waals surface area contributed by atoms with Crippen molar-refractivity contribution in [3.8, 4) is 0 Å². The quantitative estimate of drug-likeness (QED) is 0.873. The van der Waals surface area contributed by atoms with E-state index in [1.165, 1.54) is 0 Å². The van der Waals surface area contributed by atoms with Crippen LogP contribution in [0.5, 0.6) is 0 Å². The highest BCUT2D eigenvalue weighted by Crippen LogP contribution is 2.27. The zero-order chi connectivity index (χ0) is 13.7. The first kappa shape index (κ1) is 15.5. The van der Waals surface area contributed by atoms with Gasteiger partial charge in [-0.05, 0) is 38.5 Å². The van der Waals surface area contributed by atoms with Gasteiger partial charge in [0.15, 0.2) is 0 Å². The van der Waals surface area contributed by atoms with E-state index in [1.54, 1.807) is 6.92 Å². The van der Waals surface area contributed by atoms with Gasteiger partial charge in [-0.2, -0.15) is 0 Å². The monoisotopic (exact) mass is 315 g/mol. The number of rotatable bonds is 6. The van der Waals surface area contributed by atoms with E-state index in [0.717, 1.165) is 22.3 Å². The maximum atomic E-state index is 9.57. The molecule has 0 aromatic heterocycles. The van der Waals surface area contributed by atoms with E-state index in [-0.39, 0.29) is 6.10 Å². The minimum atomic E-state index is -0.456. The number of halogens is 1. The van der Waals surface area contributed by atoms with Crippen LogP contribution in [-0.4, -0.2) is 31.4 Å². The van der Waals surface area contributed by atoms with Crippen LogP contribution in [0.4, 0.5) is 5.69 Å². The van der Waals surface area contributed by atoms with Crippen molar-refractivity contribution in [1.29, 1.82) is 0 Å². The maximum Gasteiger partial charge on any atom is 0.0772 e. The molecular weight excluding hydrogens is 294 g/mol. The number of benzene rings is 1. The highest BCUT2D eigenvalue weighted by Gasteiger charge is 2.08. The zero-order valence-corrected chi connectivity index (χ0v) is 13.1. The summed E-state index contributed by atoms with van der Waals surface area (Å²) in [6, 6.07) is 5.99. The largest absolute Gasteiger partial charge is 0.389 e. The molecule has 0 bridgehead atoms. The predicted octanol–water partition coefficient (Wildman–Crippen LogP) is 3.36. The molecule has 1 rings (SSSR count). The van der Waals surface area contributed by atoms with E-state index < -0.39 is 6.10 Å². The van der Waals surface area contributed by atoms with Crippen LogP contribution in [0, 0.1) is 0 Å². The van der Waals surface area contributed by atoms with Crippen molar-refractivity contribution >= 4 is 21.6 Å². The molecule has 18 heavy (non-hydrogen) atoms. The fourth-order valence-electron chi connectivity index (χ4n) is 1.65. The third-order valence-electron chi connectivity index (χ3n) is 2.75. The van der Waals surface area contributed by atoms with E-state index >= 15 is 0 Å². The van der Waals surface area contributed by atoms with Gasteiger partial charge in [-0.3, -0.25) is 0 Å². The number of likely N-dealkylation sites (N-methyl/N-ethyl adjacent to an activating group) is 1. The second-order valence-corrected chi connectivity index (χ2v) is 5.58. The zero-order valence-electron chi connectivity index (χ0n) is 11.5. The van der Waals surface area contributed by atoms with Crippen LogP contribution in [0.25, 0.3) is 0 Å². The molecule has 0 radical (unpaired) electrons. The average molecular weight is 316 g/mol. The highest BCUT2D eigenvalue weighted by molar-refractivity contribution is 9.10. The Morgan fingerprint density at radius 3 is 2.50 bits per heavy atom. The molecule has 0 heterocycles. The third-order valence-corrected chi connectivity index (χ3v) is 3.44. The number of ether oxygens (including phenoxy) is 1. The second-order valence-electron chi connectivity index (χ2n) is 4.72. The molecule has 0 fully saturated rings. The summed E-state index contributed by atoms with van der Waals surface area (Å²) >= 11 is 3.49. The first-order valence-electron chi connectivity index (χ1n) is 6.22. The van der Waals surface area contributed by atoms with Crippen molar-refractivity contribution in [2.45, 2.75) is 33.0 Å². The normalized spacial score (nSPS) is 12.8. The summed E-state index contributed by atoms with van der Waals surface area (Å²) in [5, 5.41) is 9.57. The van der Waals surface area contributed by atoms with Crippen LogP contribution in [-0.2, 0) is 4.74 Å². The van der Waals surface area contributed by atoms with E-state index in [1.807, 2.05) is 39.1 Å². The molecule has 3 nitrogen and oxygen atoms in total. The van der Waals surface area contributed by atoms with Crippen LogP contribution in [0.2, 0.25) is 0 Å². The Balaban J connectivity index is 2.63. The van der Waals surface area contributed by atoms with Gasteiger partial charge in [-0.1, -0.05) is 22.0 Å². The molecule has 0 unspecified atom stereocenters. The first-order valence-corrected chi connectivity index (χ1v) is 7.01. The van der Waals surface area contributed by atoms with Crippen molar-refractivity contribution in [2.75, 3.05) is 25.1 Å². The first-order chi connectivity index (χ1) is 8.41. The Morgan fingerprint density at radius 1 is 1.33 bits per heavy atom. The molecule has 1 N–H and O–H groups in total. The number of nitrogens with zero attached hydrogens (tertiary/aromatic N) is 1. The van der Waals surface area contributed by atoms with Crippen molar-refractivity contribution in [3.63, 3.8) is 0 Å². The Labute approximate surface area is 118 Å². The van der Waals surface area contributed by atoms with Gasteiger partial charge >= 0.3 is 0 Å². The third kappa shape index (κ3) is 4.59.